The van der Waals surface area contributed by atoms with Gasteiger partial charge in [-0.05, 0) is 13.3 Å². The van der Waals surface area contributed by atoms with E-state index in [1.807, 2.05) is 20.8 Å². The van der Waals surface area contributed by atoms with Crippen molar-refractivity contribution in [2.75, 3.05) is 18.6 Å². The van der Waals surface area contributed by atoms with Crippen LogP contribution in [0.1, 0.15) is 50.3 Å². The van der Waals surface area contributed by atoms with E-state index in [2.05, 4.69) is 10.3 Å². The second-order valence-corrected chi connectivity index (χ2v) is 8.22. The summed E-state index contributed by atoms with van der Waals surface area (Å²) >= 11 is 0. The van der Waals surface area contributed by atoms with Crippen LogP contribution in [0.3, 0.4) is 0 Å². The number of hydrogen-bond donors (Lipinski definition) is 0. The summed E-state index contributed by atoms with van der Waals surface area (Å²) in [7, 11) is -3.01. The molecule has 0 N–H and O–H groups in total. The first kappa shape index (κ1) is 17.6. The van der Waals surface area contributed by atoms with E-state index in [0.717, 1.165) is 0 Å². The van der Waals surface area contributed by atoms with Gasteiger partial charge >= 0.3 is 5.97 Å². The highest BCUT2D eigenvalue weighted by molar-refractivity contribution is 7.90. The van der Waals surface area contributed by atoms with Crippen molar-refractivity contribution in [1.29, 1.82) is 0 Å². The zero-order chi connectivity index (χ0) is 16.3. The quantitative estimate of drug-likeness (QED) is 0.732. The van der Waals surface area contributed by atoms with Crippen LogP contribution >= 0.6 is 0 Å². The Morgan fingerprint density at radius 3 is 2.43 bits per heavy atom. The minimum Gasteiger partial charge on any atom is -0.461 e. The van der Waals surface area contributed by atoms with Gasteiger partial charge in [-0.1, -0.05) is 26.0 Å². The third kappa shape index (κ3) is 5.11. The highest BCUT2D eigenvalue weighted by atomic mass is 32.2. The van der Waals surface area contributed by atoms with Crippen LogP contribution in [0, 0.1) is 0 Å². The lowest BCUT2D eigenvalue weighted by molar-refractivity contribution is 0.0516. The molecule has 0 saturated heterocycles. The van der Waals surface area contributed by atoms with Gasteiger partial charge in [0.1, 0.15) is 9.84 Å². The number of sulfone groups is 1. The molecule has 8 heteroatoms. The molecule has 0 bridgehead atoms. The fourth-order valence-corrected chi connectivity index (χ4v) is 2.68. The van der Waals surface area contributed by atoms with Crippen molar-refractivity contribution in [1.82, 2.24) is 15.0 Å². The van der Waals surface area contributed by atoms with Crippen molar-refractivity contribution in [2.24, 2.45) is 0 Å². The molecule has 21 heavy (non-hydrogen) atoms. The maximum atomic E-state index is 11.9. The molecule has 1 aromatic heterocycles. The van der Waals surface area contributed by atoms with Gasteiger partial charge in [0.2, 0.25) is 0 Å². The largest absolute Gasteiger partial charge is 0.461 e. The predicted molar refractivity (Wildman–Crippen MR) is 79.0 cm³/mol. The summed E-state index contributed by atoms with van der Waals surface area (Å²) in [6.45, 7) is 8.23. The third-order valence-corrected chi connectivity index (χ3v) is 3.83. The first-order chi connectivity index (χ1) is 9.56. The Kier molecular flexibility index (Phi) is 5.49. The van der Waals surface area contributed by atoms with Crippen molar-refractivity contribution in [3.05, 3.63) is 11.4 Å². The van der Waals surface area contributed by atoms with Gasteiger partial charge in [0.15, 0.2) is 5.69 Å². The maximum Gasteiger partial charge on any atom is 0.360 e. The molecular formula is C13H23N3O4S. The Morgan fingerprint density at radius 1 is 1.33 bits per heavy atom. The van der Waals surface area contributed by atoms with Gasteiger partial charge in [0.25, 0.3) is 0 Å². The molecule has 0 saturated carbocycles. The van der Waals surface area contributed by atoms with Crippen LogP contribution in [0.4, 0.5) is 0 Å². The Bertz CT molecular complexity index is 599. The minimum absolute atomic E-state index is 0.0746. The Labute approximate surface area is 125 Å². The molecule has 1 heterocycles. The predicted octanol–water partition coefficient (Wildman–Crippen LogP) is 1.19. The van der Waals surface area contributed by atoms with Gasteiger partial charge in [-0.15, -0.1) is 5.10 Å². The average Bonchev–Trinajstić information content (AvgIpc) is 2.71. The van der Waals surface area contributed by atoms with Gasteiger partial charge in [0, 0.05) is 18.2 Å². The lowest BCUT2D eigenvalue weighted by Gasteiger charge is -2.20. The summed E-state index contributed by atoms with van der Waals surface area (Å²) in [5.74, 6) is -0.428. The molecule has 0 radical (unpaired) electrons. The Morgan fingerprint density at radius 2 is 1.95 bits per heavy atom. The van der Waals surface area contributed by atoms with Gasteiger partial charge in [-0.25, -0.2) is 17.9 Å². The molecule has 7 nitrogen and oxygen atoms in total. The lowest BCUT2D eigenvalue weighted by Crippen LogP contribution is -2.23. The average molecular weight is 317 g/mol. The van der Waals surface area contributed by atoms with Crippen molar-refractivity contribution in [2.45, 2.75) is 46.1 Å². The fourth-order valence-electron chi connectivity index (χ4n) is 2.03. The van der Waals surface area contributed by atoms with E-state index in [9.17, 15) is 13.2 Å². The van der Waals surface area contributed by atoms with E-state index in [1.54, 1.807) is 11.6 Å². The second kappa shape index (κ2) is 6.55. The Hall–Kier alpha value is -1.44. The smallest absolute Gasteiger partial charge is 0.360 e. The number of aromatic nitrogens is 3. The van der Waals surface area contributed by atoms with E-state index in [4.69, 9.17) is 4.74 Å². The summed E-state index contributed by atoms with van der Waals surface area (Å²) in [6, 6.07) is 0. The maximum absolute atomic E-state index is 11.9. The number of carbonyl (C=O) groups is 1. The SMILES string of the molecule is CCOC(=O)c1nnn(CCCS(C)(=O)=O)c1C(C)(C)C. The number of rotatable bonds is 6. The van der Waals surface area contributed by atoms with E-state index >= 15 is 0 Å². The molecule has 0 amide bonds. The van der Waals surface area contributed by atoms with Gasteiger partial charge in [-0.3, -0.25) is 0 Å². The van der Waals surface area contributed by atoms with E-state index in [1.165, 1.54) is 6.26 Å². The molecule has 0 aliphatic heterocycles. The van der Waals surface area contributed by atoms with Crippen LogP contribution in [0.2, 0.25) is 0 Å². The molecule has 0 aliphatic carbocycles. The van der Waals surface area contributed by atoms with Crippen LogP contribution in [0.5, 0.6) is 0 Å². The number of carbonyl (C=O) groups excluding carboxylic acids is 1. The van der Waals surface area contributed by atoms with Crippen molar-refractivity contribution in [3.63, 3.8) is 0 Å². The number of hydrogen-bond acceptors (Lipinski definition) is 6. The molecule has 120 valence electrons. The summed E-state index contributed by atoms with van der Waals surface area (Å²) in [4.78, 5) is 11.9. The van der Waals surface area contributed by atoms with Crippen molar-refractivity contribution in [3.8, 4) is 0 Å². The molecule has 0 fully saturated rings. The molecule has 0 atom stereocenters. The second-order valence-electron chi connectivity index (χ2n) is 5.96. The van der Waals surface area contributed by atoms with Crippen LogP contribution in [0.25, 0.3) is 0 Å². The first-order valence-electron chi connectivity index (χ1n) is 6.85. The van der Waals surface area contributed by atoms with Crippen LogP contribution in [0.15, 0.2) is 0 Å². The summed E-state index contributed by atoms with van der Waals surface area (Å²) in [5.41, 5.74) is 0.509. The van der Waals surface area contributed by atoms with Crippen molar-refractivity contribution < 1.29 is 17.9 Å². The van der Waals surface area contributed by atoms with Gasteiger partial charge in [0.05, 0.1) is 18.1 Å². The highest BCUT2D eigenvalue weighted by Crippen LogP contribution is 2.25. The third-order valence-electron chi connectivity index (χ3n) is 2.80. The summed E-state index contributed by atoms with van der Waals surface area (Å²) in [6.07, 6.45) is 1.62. The van der Waals surface area contributed by atoms with Gasteiger partial charge in [-0.2, -0.15) is 0 Å². The number of ether oxygens (including phenoxy) is 1. The van der Waals surface area contributed by atoms with E-state index in [0.29, 0.717) is 18.7 Å². The van der Waals surface area contributed by atoms with E-state index in [-0.39, 0.29) is 23.5 Å². The molecular weight excluding hydrogens is 294 g/mol. The summed E-state index contributed by atoms with van der Waals surface area (Å²) in [5, 5.41) is 7.88. The summed E-state index contributed by atoms with van der Waals surface area (Å²) < 4.78 is 28.9. The molecule has 0 aliphatic rings. The molecule has 0 unspecified atom stereocenters. The minimum atomic E-state index is -3.01. The molecule has 0 aromatic carbocycles. The number of aryl methyl sites for hydroxylation is 1. The lowest BCUT2D eigenvalue weighted by atomic mass is 9.90. The molecule has 1 rings (SSSR count). The number of esters is 1. The monoisotopic (exact) mass is 317 g/mol. The number of nitrogens with zero attached hydrogens (tertiary/aromatic N) is 3. The molecule has 1 aromatic rings. The standard InChI is InChI=1S/C13H23N3O4S/c1-6-20-12(17)10-11(13(2,3)4)16(15-14-10)8-7-9-21(5,18)19/h6-9H2,1-5H3. The fraction of sp³-hybridized carbons (Fsp3) is 0.769. The van der Waals surface area contributed by atoms with Gasteiger partial charge < -0.3 is 4.74 Å². The van der Waals surface area contributed by atoms with E-state index < -0.39 is 15.8 Å². The zero-order valence-corrected chi connectivity index (χ0v) is 14.0. The Balaban J connectivity index is 3.02. The first-order valence-corrected chi connectivity index (χ1v) is 8.91. The van der Waals surface area contributed by atoms with Crippen LogP contribution < -0.4 is 0 Å². The van der Waals surface area contributed by atoms with Crippen LogP contribution in [-0.4, -0.2) is 48.0 Å². The highest BCUT2D eigenvalue weighted by Gasteiger charge is 2.29. The molecule has 0 spiro atoms. The zero-order valence-electron chi connectivity index (χ0n) is 13.2. The van der Waals surface area contributed by atoms with Crippen molar-refractivity contribution >= 4 is 15.8 Å². The van der Waals surface area contributed by atoms with Crippen LogP contribution in [-0.2, 0) is 26.5 Å². The normalized spacial score (nSPS) is 12.4. The topological polar surface area (TPSA) is 91.2 Å².